The Balaban J connectivity index is 1.53. The maximum atomic E-state index is 14.2. The summed E-state index contributed by atoms with van der Waals surface area (Å²) in [5.74, 6) is -2.17. The first-order valence-corrected chi connectivity index (χ1v) is 13.4. The zero-order valence-corrected chi connectivity index (χ0v) is 21.2. The number of morpholine rings is 1. The molecular formula is C25H35N3O6S. The van der Waals surface area contributed by atoms with Crippen LogP contribution in [0.1, 0.15) is 20.3 Å². The van der Waals surface area contributed by atoms with Gasteiger partial charge in [0.2, 0.25) is 11.8 Å². The Morgan fingerprint density at radius 3 is 2.60 bits per heavy atom. The number of amides is 2. The van der Waals surface area contributed by atoms with Crippen LogP contribution in [0.3, 0.4) is 0 Å². The van der Waals surface area contributed by atoms with E-state index in [4.69, 9.17) is 9.47 Å². The zero-order valence-electron chi connectivity index (χ0n) is 20.4. The molecule has 3 saturated heterocycles. The number of aliphatic hydroxyl groups excluding tert-OH is 1. The molecule has 1 N–H and O–H groups in total. The van der Waals surface area contributed by atoms with Crippen LogP contribution in [0.2, 0.25) is 0 Å². The molecule has 0 saturated carbocycles. The molecule has 192 valence electrons. The van der Waals surface area contributed by atoms with Crippen LogP contribution in [-0.2, 0) is 23.9 Å². The van der Waals surface area contributed by atoms with E-state index in [0.717, 1.165) is 19.6 Å². The summed E-state index contributed by atoms with van der Waals surface area (Å²) in [4.78, 5) is 47.1. The van der Waals surface area contributed by atoms with E-state index in [9.17, 15) is 19.5 Å². The Hall–Kier alpha value is -1.88. The molecule has 0 aliphatic carbocycles. The summed E-state index contributed by atoms with van der Waals surface area (Å²) in [6, 6.07) is -1.27. The molecule has 3 fully saturated rings. The van der Waals surface area contributed by atoms with Gasteiger partial charge in [0.1, 0.15) is 12.6 Å². The van der Waals surface area contributed by atoms with Crippen molar-refractivity contribution in [3.63, 3.8) is 0 Å². The van der Waals surface area contributed by atoms with Crippen molar-refractivity contribution in [2.45, 2.75) is 41.8 Å². The lowest BCUT2D eigenvalue weighted by atomic mass is 9.75. The van der Waals surface area contributed by atoms with E-state index in [0.29, 0.717) is 32.7 Å². The van der Waals surface area contributed by atoms with E-state index < -0.39 is 39.4 Å². The first-order valence-electron chi connectivity index (χ1n) is 12.6. The van der Waals surface area contributed by atoms with Crippen molar-refractivity contribution in [1.29, 1.82) is 0 Å². The number of nitrogens with zero attached hydrogens (tertiary/aromatic N) is 3. The van der Waals surface area contributed by atoms with Crippen molar-refractivity contribution in [2.24, 2.45) is 11.8 Å². The third kappa shape index (κ3) is 3.93. The molecule has 9 nitrogen and oxygen atoms in total. The summed E-state index contributed by atoms with van der Waals surface area (Å²) in [6.07, 6.45) is 8.31. The van der Waals surface area contributed by atoms with Crippen LogP contribution in [0.4, 0.5) is 0 Å². The Bertz CT molecular complexity index is 932. The predicted octanol–water partition coefficient (Wildman–Crippen LogP) is 0.288. The second-order valence-corrected chi connectivity index (χ2v) is 12.0. The Labute approximate surface area is 210 Å². The quantitative estimate of drug-likeness (QED) is 0.406. The van der Waals surface area contributed by atoms with E-state index in [1.54, 1.807) is 4.90 Å². The SMILES string of the molecule is CC[C@@H](CO)N1C(=O)[C@@H]2[C@@H]3C(=O)OCC=C[C@]3(C)S[C@@]23C=CCN(CCN2CCOCC2)C(=O)C13. The highest BCUT2D eigenvalue weighted by Crippen LogP contribution is 2.65. The van der Waals surface area contributed by atoms with Crippen molar-refractivity contribution in [2.75, 3.05) is 59.2 Å². The molecule has 0 aromatic carbocycles. The van der Waals surface area contributed by atoms with Crippen LogP contribution in [0, 0.1) is 11.8 Å². The molecule has 5 aliphatic rings. The molecule has 0 aromatic heterocycles. The number of aliphatic hydroxyl groups is 1. The third-order valence-electron chi connectivity index (χ3n) is 8.20. The first-order chi connectivity index (χ1) is 16.9. The van der Waals surface area contributed by atoms with Gasteiger partial charge in [-0.15, -0.1) is 11.8 Å². The number of ether oxygens (including phenoxy) is 2. The fourth-order valence-corrected chi connectivity index (χ4v) is 8.58. The molecule has 5 aliphatic heterocycles. The number of cyclic esters (lactones) is 1. The fraction of sp³-hybridized carbons (Fsp3) is 0.720. The van der Waals surface area contributed by atoms with E-state index >= 15 is 0 Å². The number of esters is 1. The Morgan fingerprint density at radius 1 is 1.11 bits per heavy atom. The smallest absolute Gasteiger partial charge is 0.311 e. The lowest BCUT2D eigenvalue weighted by Crippen LogP contribution is -2.57. The van der Waals surface area contributed by atoms with Crippen LogP contribution in [0.25, 0.3) is 0 Å². The summed E-state index contributed by atoms with van der Waals surface area (Å²) >= 11 is 1.53. The van der Waals surface area contributed by atoms with Crippen molar-refractivity contribution < 1.29 is 29.0 Å². The standard InChI is InChI=1S/C25H35N3O6S/c1-3-17(16-29)28-20-22(31)27(10-9-26-11-14-33-15-12-26)8-4-7-25(20)18(21(28)30)19-23(32)34-13-5-6-24(19,2)35-25/h4-7,17-20,29H,3,8-16H2,1-2H3/t17-,18-,19+,20?,24-,25-/m0/s1. The van der Waals surface area contributed by atoms with Gasteiger partial charge >= 0.3 is 5.97 Å². The molecule has 0 aromatic rings. The minimum Gasteiger partial charge on any atom is -0.461 e. The fourth-order valence-electron chi connectivity index (χ4n) is 6.44. The molecule has 2 amide bonds. The van der Waals surface area contributed by atoms with Gasteiger partial charge in [-0.2, -0.15) is 0 Å². The zero-order chi connectivity index (χ0) is 24.8. The van der Waals surface area contributed by atoms with Crippen LogP contribution in [0.15, 0.2) is 24.3 Å². The maximum absolute atomic E-state index is 14.2. The average Bonchev–Trinajstić information content (AvgIpc) is 3.11. The average molecular weight is 506 g/mol. The van der Waals surface area contributed by atoms with Crippen molar-refractivity contribution in [3.05, 3.63) is 24.3 Å². The molecule has 0 bridgehead atoms. The van der Waals surface area contributed by atoms with E-state index in [1.807, 2.05) is 43.1 Å². The summed E-state index contributed by atoms with van der Waals surface area (Å²) < 4.78 is 9.33. The van der Waals surface area contributed by atoms with Gasteiger partial charge in [0.15, 0.2) is 0 Å². The van der Waals surface area contributed by atoms with E-state index in [2.05, 4.69) is 4.90 Å². The van der Waals surface area contributed by atoms with Gasteiger partial charge in [0.25, 0.3) is 0 Å². The van der Waals surface area contributed by atoms with Gasteiger partial charge in [-0.3, -0.25) is 19.3 Å². The van der Waals surface area contributed by atoms with Crippen molar-refractivity contribution >= 4 is 29.5 Å². The Kier molecular flexibility index (Phi) is 6.76. The normalized spacial score (nSPS) is 38.0. The number of likely N-dealkylation sites (tertiary alicyclic amines) is 1. The lowest BCUT2D eigenvalue weighted by Gasteiger charge is -2.39. The second-order valence-electron chi connectivity index (χ2n) is 10.2. The molecule has 0 radical (unpaired) electrons. The number of carbonyl (C=O) groups excluding carboxylic acids is 3. The number of thioether (sulfide) groups is 1. The molecule has 5 heterocycles. The van der Waals surface area contributed by atoms with Gasteiger partial charge in [-0.05, 0) is 19.4 Å². The van der Waals surface area contributed by atoms with Crippen LogP contribution < -0.4 is 0 Å². The van der Waals surface area contributed by atoms with Crippen molar-refractivity contribution in [3.8, 4) is 0 Å². The molecule has 5 rings (SSSR count). The van der Waals surface area contributed by atoms with Crippen molar-refractivity contribution in [1.82, 2.24) is 14.7 Å². The lowest BCUT2D eigenvalue weighted by molar-refractivity contribution is -0.153. The molecule has 10 heteroatoms. The van der Waals surface area contributed by atoms with Gasteiger partial charge < -0.3 is 24.4 Å². The summed E-state index contributed by atoms with van der Waals surface area (Å²) in [7, 11) is 0. The minimum absolute atomic E-state index is 0.115. The molecule has 6 atom stereocenters. The molecule has 35 heavy (non-hydrogen) atoms. The van der Waals surface area contributed by atoms with Gasteiger partial charge in [0, 0.05) is 37.5 Å². The van der Waals surface area contributed by atoms with Gasteiger partial charge in [-0.1, -0.05) is 25.2 Å². The largest absolute Gasteiger partial charge is 0.461 e. The maximum Gasteiger partial charge on any atom is 0.311 e. The Morgan fingerprint density at radius 2 is 1.89 bits per heavy atom. The van der Waals surface area contributed by atoms with E-state index in [1.165, 1.54) is 11.8 Å². The van der Waals surface area contributed by atoms with E-state index in [-0.39, 0.29) is 25.0 Å². The van der Waals surface area contributed by atoms with Crippen LogP contribution >= 0.6 is 11.8 Å². The molecular weight excluding hydrogens is 470 g/mol. The first kappa shape index (κ1) is 24.8. The molecule has 1 unspecified atom stereocenters. The van der Waals surface area contributed by atoms with Crippen LogP contribution in [-0.4, -0.2) is 118 Å². The number of fused-ring (bicyclic) bond motifs is 2. The number of carbonyl (C=O) groups is 3. The number of hydrogen-bond acceptors (Lipinski definition) is 8. The monoisotopic (exact) mass is 505 g/mol. The summed E-state index contributed by atoms with van der Waals surface area (Å²) in [5, 5.41) is 10.2. The third-order valence-corrected chi connectivity index (χ3v) is 10.00. The second kappa shape index (κ2) is 9.53. The highest BCUT2D eigenvalue weighted by Gasteiger charge is 2.74. The topological polar surface area (TPSA) is 99.6 Å². The molecule has 1 spiro atoms. The van der Waals surface area contributed by atoms with Gasteiger partial charge in [-0.25, -0.2) is 0 Å². The van der Waals surface area contributed by atoms with Gasteiger partial charge in [0.05, 0.1) is 42.4 Å². The predicted molar refractivity (Wildman–Crippen MR) is 131 cm³/mol. The highest BCUT2D eigenvalue weighted by atomic mass is 32.2. The number of rotatable bonds is 6. The number of hydrogen-bond donors (Lipinski definition) is 1. The summed E-state index contributed by atoms with van der Waals surface area (Å²) in [5.41, 5.74) is 0. The minimum atomic E-state index is -0.898. The summed E-state index contributed by atoms with van der Waals surface area (Å²) in [6.45, 7) is 8.62. The van der Waals surface area contributed by atoms with Crippen LogP contribution in [0.5, 0.6) is 0 Å². The highest BCUT2D eigenvalue weighted by molar-refractivity contribution is 8.02.